The third-order valence-corrected chi connectivity index (χ3v) is 4.68. The lowest BCUT2D eigenvalue weighted by molar-refractivity contribution is -0.143. The van der Waals surface area contributed by atoms with Gasteiger partial charge in [0.2, 0.25) is 0 Å². The second-order valence-electron chi connectivity index (χ2n) is 6.09. The smallest absolute Gasteiger partial charge is 0.306 e. The van der Waals surface area contributed by atoms with E-state index in [0.717, 1.165) is 61.1 Å². The molecule has 1 aromatic rings. The number of carboxylic acids is 1. The van der Waals surface area contributed by atoms with Gasteiger partial charge in [0.15, 0.2) is 0 Å². The Labute approximate surface area is 126 Å². The first-order valence-electron chi connectivity index (χ1n) is 7.76. The molecule has 116 valence electrons. The number of pyridine rings is 1. The van der Waals surface area contributed by atoms with Gasteiger partial charge in [-0.3, -0.25) is 9.78 Å². The van der Waals surface area contributed by atoms with Gasteiger partial charge >= 0.3 is 5.97 Å². The highest BCUT2D eigenvalue weighted by molar-refractivity contribution is 5.70. The van der Waals surface area contributed by atoms with E-state index in [1.165, 1.54) is 0 Å². The molecule has 2 rings (SSSR count). The van der Waals surface area contributed by atoms with Crippen molar-refractivity contribution in [2.45, 2.75) is 52.4 Å². The summed E-state index contributed by atoms with van der Waals surface area (Å²) in [5.41, 5.74) is 3.05. The van der Waals surface area contributed by atoms with Crippen molar-refractivity contribution in [1.82, 2.24) is 4.98 Å². The van der Waals surface area contributed by atoms with Crippen molar-refractivity contribution in [2.24, 2.45) is 11.8 Å². The van der Waals surface area contributed by atoms with Gasteiger partial charge in [-0.2, -0.15) is 0 Å². The van der Waals surface area contributed by atoms with Gasteiger partial charge < -0.3 is 9.84 Å². The molecule has 2 unspecified atom stereocenters. The number of hydrogen-bond acceptors (Lipinski definition) is 3. The van der Waals surface area contributed by atoms with Gasteiger partial charge in [-0.05, 0) is 39.0 Å². The van der Waals surface area contributed by atoms with E-state index >= 15 is 0 Å². The van der Waals surface area contributed by atoms with Gasteiger partial charge in [-0.1, -0.05) is 19.3 Å². The summed E-state index contributed by atoms with van der Waals surface area (Å²) < 4.78 is 5.45. The number of rotatable bonds is 4. The Kier molecular flexibility index (Phi) is 5.21. The molecule has 4 heteroatoms. The summed E-state index contributed by atoms with van der Waals surface area (Å²) in [6.07, 6.45) is 7.63. The zero-order valence-corrected chi connectivity index (χ0v) is 13.2. The number of carbonyl (C=O) groups is 1. The molecule has 0 bridgehead atoms. The Bertz CT molecular complexity index is 513. The van der Waals surface area contributed by atoms with Crippen molar-refractivity contribution >= 4 is 5.97 Å². The Hall–Kier alpha value is -1.58. The summed E-state index contributed by atoms with van der Waals surface area (Å²) in [5, 5.41) is 9.48. The maximum Gasteiger partial charge on any atom is 0.306 e. The van der Waals surface area contributed by atoms with E-state index in [0.29, 0.717) is 0 Å². The lowest BCUT2D eigenvalue weighted by Crippen LogP contribution is -2.25. The number of nitrogens with zero attached hydrogens (tertiary/aromatic N) is 1. The molecule has 0 radical (unpaired) electrons. The lowest BCUT2D eigenvalue weighted by atomic mass is 9.83. The normalized spacial score (nSPS) is 22.6. The summed E-state index contributed by atoms with van der Waals surface area (Å²) >= 11 is 0. The molecule has 1 aliphatic rings. The van der Waals surface area contributed by atoms with Crippen LogP contribution in [0.1, 0.15) is 48.9 Å². The molecule has 0 aromatic carbocycles. The number of aromatic nitrogens is 1. The van der Waals surface area contributed by atoms with Crippen molar-refractivity contribution in [2.75, 3.05) is 7.11 Å². The SMILES string of the molecule is COc1c(C)cnc(CC2CCCCCC2C(=O)O)c1C. The fourth-order valence-electron chi connectivity index (χ4n) is 3.48. The number of hydrogen-bond donors (Lipinski definition) is 1. The summed E-state index contributed by atoms with van der Waals surface area (Å²) in [6, 6.07) is 0. The minimum absolute atomic E-state index is 0.184. The fourth-order valence-corrected chi connectivity index (χ4v) is 3.48. The molecule has 0 aliphatic heterocycles. The van der Waals surface area contributed by atoms with E-state index in [9.17, 15) is 9.90 Å². The van der Waals surface area contributed by atoms with Gasteiger partial charge in [0, 0.05) is 23.0 Å². The van der Waals surface area contributed by atoms with Crippen molar-refractivity contribution in [3.8, 4) is 5.75 Å². The number of aryl methyl sites for hydroxylation is 1. The summed E-state index contributed by atoms with van der Waals surface area (Å²) in [4.78, 5) is 16.1. The zero-order chi connectivity index (χ0) is 15.4. The van der Waals surface area contributed by atoms with Crippen molar-refractivity contribution < 1.29 is 14.6 Å². The van der Waals surface area contributed by atoms with E-state index in [-0.39, 0.29) is 11.8 Å². The van der Waals surface area contributed by atoms with Crippen LogP contribution in [0.4, 0.5) is 0 Å². The van der Waals surface area contributed by atoms with Gasteiger partial charge in [-0.15, -0.1) is 0 Å². The quantitative estimate of drug-likeness (QED) is 0.862. The van der Waals surface area contributed by atoms with Crippen LogP contribution in [-0.2, 0) is 11.2 Å². The first-order valence-corrected chi connectivity index (χ1v) is 7.76. The standard InChI is InChI=1S/C17H25NO3/c1-11-10-18-15(12(2)16(11)21-3)9-13-7-5-4-6-8-14(13)17(19)20/h10,13-14H,4-9H2,1-3H3,(H,19,20). The summed E-state index contributed by atoms with van der Waals surface area (Å²) in [5.74, 6) is 0.170. The predicted octanol–water partition coefficient (Wildman–Crippen LogP) is 3.53. The average Bonchev–Trinajstić information content (AvgIpc) is 2.68. The van der Waals surface area contributed by atoms with Crippen LogP contribution in [-0.4, -0.2) is 23.2 Å². The van der Waals surface area contributed by atoms with Crippen LogP contribution in [0.25, 0.3) is 0 Å². The number of methoxy groups -OCH3 is 1. The third kappa shape index (κ3) is 3.55. The Morgan fingerprint density at radius 2 is 2.05 bits per heavy atom. The maximum atomic E-state index is 11.5. The molecule has 1 aliphatic carbocycles. The number of ether oxygens (including phenoxy) is 1. The van der Waals surface area contributed by atoms with Crippen LogP contribution >= 0.6 is 0 Å². The van der Waals surface area contributed by atoms with Crippen LogP contribution in [0.5, 0.6) is 5.75 Å². The van der Waals surface area contributed by atoms with Gasteiger partial charge in [0.25, 0.3) is 0 Å². The number of aliphatic carboxylic acids is 1. The molecule has 2 atom stereocenters. The Morgan fingerprint density at radius 1 is 1.33 bits per heavy atom. The number of carboxylic acid groups (broad SMARTS) is 1. The van der Waals surface area contributed by atoms with Gasteiger partial charge in [0.1, 0.15) is 5.75 Å². The molecule has 4 nitrogen and oxygen atoms in total. The topological polar surface area (TPSA) is 59.4 Å². The molecule has 1 heterocycles. The second kappa shape index (κ2) is 6.92. The molecule has 1 N–H and O–H groups in total. The maximum absolute atomic E-state index is 11.5. The van der Waals surface area contributed by atoms with Crippen LogP contribution < -0.4 is 4.74 Å². The molecule has 0 spiro atoms. The Morgan fingerprint density at radius 3 is 2.71 bits per heavy atom. The lowest BCUT2D eigenvalue weighted by Gasteiger charge is -2.22. The van der Waals surface area contributed by atoms with E-state index < -0.39 is 5.97 Å². The molecular weight excluding hydrogens is 266 g/mol. The predicted molar refractivity (Wildman–Crippen MR) is 81.7 cm³/mol. The monoisotopic (exact) mass is 291 g/mol. The summed E-state index contributed by atoms with van der Waals surface area (Å²) in [7, 11) is 1.67. The molecule has 1 aromatic heterocycles. The van der Waals surface area contributed by atoms with Gasteiger partial charge in [0.05, 0.1) is 13.0 Å². The van der Waals surface area contributed by atoms with E-state index in [4.69, 9.17) is 4.74 Å². The molecular formula is C17H25NO3. The first kappa shape index (κ1) is 15.8. The van der Waals surface area contributed by atoms with Crippen molar-refractivity contribution in [3.05, 3.63) is 23.0 Å². The van der Waals surface area contributed by atoms with Crippen LogP contribution in [0.3, 0.4) is 0 Å². The minimum atomic E-state index is -0.654. The van der Waals surface area contributed by atoms with Crippen LogP contribution in [0.2, 0.25) is 0 Å². The highest BCUT2D eigenvalue weighted by atomic mass is 16.5. The highest BCUT2D eigenvalue weighted by Gasteiger charge is 2.30. The third-order valence-electron chi connectivity index (χ3n) is 4.68. The van der Waals surface area contributed by atoms with Crippen LogP contribution in [0.15, 0.2) is 6.20 Å². The highest BCUT2D eigenvalue weighted by Crippen LogP contribution is 2.33. The van der Waals surface area contributed by atoms with E-state index in [1.54, 1.807) is 7.11 Å². The average molecular weight is 291 g/mol. The molecule has 1 fully saturated rings. The zero-order valence-electron chi connectivity index (χ0n) is 13.2. The Balaban J connectivity index is 2.24. The minimum Gasteiger partial charge on any atom is -0.496 e. The van der Waals surface area contributed by atoms with Crippen molar-refractivity contribution in [3.63, 3.8) is 0 Å². The van der Waals surface area contributed by atoms with Crippen LogP contribution in [0, 0.1) is 25.7 Å². The summed E-state index contributed by atoms with van der Waals surface area (Å²) in [6.45, 7) is 3.99. The molecule has 1 saturated carbocycles. The fraction of sp³-hybridized carbons (Fsp3) is 0.647. The second-order valence-corrected chi connectivity index (χ2v) is 6.09. The largest absolute Gasteiger partial charge is 0.496 e. The molecule has 0 saturated heterocycles. The van der Waals surface area contributed by atoms with Gasteiger partial charge in [-0.25, -0.2) is 0 Å². The molecule has 21 heavy (non-hydrogen) atoms. The van der Waals surface area contributed by atoms with E-state index in [1.807, 2.05) is 20.0 Å². The van der Waals surface area contributed by atoms with Crippen molar-refractivity contribution in [1.29, 1.82) is 0 Å². The van der Waals surface area contributed by atoms with E-state index in [2.05, 4.69) is 4.98 Å². The molecule has 0 amide bonds. The first-order chi connectivity index (χ1) is 10.0.